The van der Waals surface area contributed by atoms with Gasteiger partial charge in [-0.15, -0.1) is 0 Å². The van der Waals surface area contributed by atoms with Crippen LogP contribution in [0.15, 0.2) is 78.4 Å². The highest BCUT2D eigenvalue weighted by atomic mass is 19.1. The standard InChI is InChI=1S/C24H17FN4O5/c25-20-9-2-3-10-21(20)28-23(30)15-34-22-11-4-1-6-16(22)12-17(14-26)24(31)27-18-7-5-8-19(13-18)29(32)33/h1-13H,15H2,(H,27,31)(H,28,30)/b17-12-. The maximum absolute atomic E-state index is 13.7. The van der Waals surface area contributed by atoms with E-state index >= 15 is 0 Å². The number of benzene rings is 3. The SMILES string of the molecule is N#C/C(=C/c1ccccc1OCC(=O)Nc1ccccc1F)C(=O)Nc1cccc([N+](=O)[O-])c1. The Balaban J connectivity index is 1.72. The predicted octanol–water partition coefficient (Wildman–Crippen LogP) is 4.30. The second-order valence-corrected chi connectivity index (χ2v) is 6.79. The molecule has 3 aromatic carbocycles. The van der Waals surface area contributed by atoms with Crippen LogP contribution in [0.2, 0.25) is 0 Å². The molecule has 0 saturated carbocycles. The maximum atomic E-state index is 13.7. The second-order valence-electron chi connectivity index (χ2n) is 6.79. The lowest BCUT2D eigenvalue weighted by atomic mass is 10.1. The minimum absolute atomic E-state index is 0.00821. The zero-order valence-corrected chi connectivity index (χ0v) is 17.5. The quantitative estimate of drug-likeness (QED) is 0.223. The van der Waals surface area contributed by atoms with Crippen molar-refractivity contribution in [2.75, 3.05) is 17.2 Å². The highest BCUT2D eigenvalue weighted by Crippen LogP contribution is 2.23. The third-order valence-corrected chi connectivity index (χ3v) is 4.41. The molecule has 3 rings (SSSR count). The molecule has 2 amide bonds. The summed E-state index contributed by atoms with van der Waals surface area (Å²) in [5.74, 6) is -1.77. The molecule has 0 aliphatic carbocycles. The first kappa shape index (κ1) is 23.6. The van der Waals surface area contributed by atoms with Crippen molar-refractivity contribution in [3.05, 3.63) is 99.9 Å². The minimum Gasteiger partial charge on any atom is -0.483 e. The van der Waals surface area contributed by atoms with E-state index in [2.05, 4.69) is 10.6 Å². The van der Waals surface area contributed by atoms with Crippen LogP contribution in [-0.2, 0) is 9.59 Å². The molecular formula is C24H17FN4O5. The molecule has 0 unspecified atom stereocenters. The van der Waals surface area contributed by atoms with E-state index in [1.807, 2.05) is 0 Å². The van der Waals surface area contributed by atoms with E-state index in [1.165, 1.54) is 48.5 Å². The Labute approximate surface area is 193 Å². The Morgan fingerprint density at radius 2 is 1.79 bits per heavy atom. The third-order valence-electron chi connectivity index (χ3n) is 4.41. The van der Waals surface area contributed by atoms with Gasteiger partial charge in [0.2, 0.25) is 0 Å². The Morgan fingerprint density at radius 3 is 2.53 bits per heavy atom. The van der Waals surface area contributed by atoms with E-state index in [1.54, 1.807) is 30.3 Å². The number of non-ortho nitro benzene ring substituents is 1. The van der Waals surface area contributed by atoms with E-state index in [4.69, 9.17) is 4.74 Å². The van der Waals surface area contributed by atoms with Crippen molar-refractivity contribution in [1.82, 2.24) is 0 Å². The number of rotatable bonds is 8. The molecule has 10 heteroatoms. The van der Waals surface area contributed by atoms with Crippen LogP contribution in [0.5, 0.6) is 5.75 Å². The molecule has 2 N–H and O–H groups in total. The molecule has 0 aliphatic heterocycles. The van der Waals surface area contributed by atoms with Crippen LogP contribution in [0.3, 0.4) is 0 Å². The molecule has 0 saturated heterocycles. The summed E-state index contributed by atoms with van der Waals surface area (Å²) in [6.45, 7) is -0.443. The monoisotopic (exact) mass is 460 g/mol. The fraction of sp³-hybridized carbons (Fsp3) is 0.0417. The molecule has 170 valence electrons. The van der Waals surface area contributed by atoms with E-state index in [0.717, 1.165) is 6.07 Å². The number of carbonyl (C=O) groups excluding carboxylic acids is 2. The topological polar surface area (TPSA) is 134 Å². The lowest BCUT2D eigenvalue weighted by Gasteiger charge is -2.10. The Kier molecular flexibility index (Phi) is 7.65. The van der Waals surface area contributed by atoms with Gasteiger partial charge < -0.3 is 15.4 Å². The number of nitrogens with zero attached hydrogens (tertiary/aromatic N) is 2. The van der Waals surface area contributed by atoms with Gasteiger partial charge in [-0.2, -0.15) is 5.26 Å². The van der Waals surface area contributed by atoms with Gasteiger partial charge in [0, 0.05) is 23.4 Å². The molecule has 0 atom stereocenters. The van der Waals surface area contributed by atoms with Gasteiger partial charge in [-0.1, -0.05) is 36.4 Å². The molecule has 0 radical (unpaired) electrons. The molecule has 0 heterocycles. The number of hydrogen-bond donors (Lipinski definition) is 2. The van der Waals surface area contributed by atoms with E-state index in [-0.39, 0.29) is 28.4 Å². The number of nitrogens with one attached hydrogen (secondary N) is 2. The number of amides is 2. The fourth-order valence-electron chi connectivity index (χ4n) is 2.82. The Bertz CT molecular complexity index is 1320. The summed E-state index contributed by atoms with van der Waals surface area (Å²) < 4.78 is 19.2. The highest BCUT2D eigenvalue weighted by molar-refractivity contribution is 6.10. The fourth-order valence-corrected chi connectivity index (χ4v) is 2.82. The normalized spacial score (nSPS) is 10.6. The van der Waals surface area contributed by atoms with Crippen molar-refractivity contribution in [2.45, 2.75) is 0 Å². The number of halogens is 1. The van der Waals surface area contributed by atoms with Gasteiger partial charge in [-0.3, -0.25) is 19.7 Å². The van der Waals surface area contributed by atoms with Crippen LogP contribution in [0.1, 0.15) is 5.56 Å². The summed E-state index contributed by atoms with van der Waals surface area (Å²) in [5.41, 5.74) is -0.0124. The average molecular weight is 460 g/mol. The zero-order valence-electron chi connectivity index (χ0n) is 17.5. The Hall–Kier alpha value is -5.04. The molecule has 3 aromatic rings. The Morgan fingerprint density at radius 1 is 1.06 bits per heavy atom. The predicted molar refractivity (Wildman–Crippen MR) is 122 cm³/mol. The minimum atomic E-state index is -0.782. The summed E-state index contributed by atoms with van der Waals surface area (Å²) in [6, 6.07) is 19.1. The van der Waals surface area contributed by atoms with Gasteiger partial charge >= 0.3 is 0 Å². The molecule has 34 heavy (non-hydrogen) atoms. The number of ether oxygens (including phenoxy) is 1. The van der Waals surface area contributed by atoms with E-state index in [0.29, 0.717) is 5.56 Å². The van der Waals surface area contributed by atoms with E-state index in [9.17, 15) is 29.4 Å². The average Bonchev–Trinajstić information content (AvgIpc) is 2.83. The van der Waals surface area contributed by atoms with Crippen molar-refractivity contribution in [2.24, 2.45) is 0 Å². The van der Waals surface area contributed by atoms with Crippen LogP contribution < -0.4 is 15.4 Å². The molecule has 0 fully saturated rings. The summed E-state index contributed by atoms with van der Waals surface area (Å²) in [4.78, 5) is 35.0. The zero-order chi connectivity index (χ0) is 24.5. The largest absolute Gasteiger partial charge is 0.483 e. The molecule has 0 spiro atoms. The first-order valence-corrected chi connectivity index (χ1v) is 9.81. The van der Waals surface area contributed by atoms with Crippen molar-refractivity contribution < 1.29 is 23.6 Å². The smallest absolute Gasteiger partial charge is 0.271 e. The first-order chi connectivity index (χ1) is 16.4. The number of nitro groups is 1. The van der Waals surface area contributed by atoms with Gasteiger partial charge in [0.1, 0.15) is 23.2 Å². The van der Waals surface area contributed by atoms with Crippen LogP contribution in [0.25, 0.3) is 6.08 Å². The summed E-state index contributed by atoms with van der Waals surface area (Å²) in [5, 5.41) is 25.2. The molecule has 0 aliphatic rings. The molecular weight excluding hydrogens is 443 g/mol. The van der Waals surface area contributed by atoms with Crippen molar-refractivity contribution in [1.29, 1.82) is 5.26 Å². The van der Waals surface area contributed by atoms with Crippen molar-refractivity contribution >= 4 is 35.0 Å². The van der Waals surface area contributed by atoms with Crippen LogP contribution in [-0.4, -0.2) is 23.3 Å². The molecule has 0 aromatic heterocycles. The summed E-state index contributed by atoms with van der Waals surface area (Å²) in [7, 11) is 0. The lowest BCUT2D eigenvalue weighted by molar-refractivity contribution is -0.384. The first-order valence-electron chi connectivity index (χ1n) is 9.81. The van der Waals surface area contributed by atoms with Crippen molar-refractivity contribution in [3.8, 4) is 11.8 Å². The number of anilines is 2. The van der Waals surface area contributed by atoms with Gasteiger partial charge in [0.25, 0.3) is 17.5 Å². The second kappa shape index (κ2) is 11.0. The number of nitro benzene ring substituents is 1. The highest BCUT2D eigenvalue weighted by Gasteiger charge is 2.14. The van der Waals surface area contributed by atoms with Gasteiger partial charge in [-0.05, 0) is 30.3 Å². The molecule has 9 nitrogen and oxygen atoms in total. The number of hydrogen-bond acceptors (Lipinski definition) is 6. The van der Waals surface area contributed by atoms with E-state index < -0.39 is 29.2 Å². The summed E-state index contributed by atoms with van der Waals surface area (Å²) >= 11 is 0. The van der Waals surface area contributed by atoms with Crippen LogP contribution in [0, 0.1) is 27.3 Å². The van der Waals surface area contributed by atoms with Gasteiger partial charge in [0.05, 0.1) is 10.6 Å². The van der Waals surface area contributed by atoms with Crippen LogP contribution in [0.4, 0.5) is 21.5 Å². The van der Waals surface area contributed by atoms with Crippen molar-refractivity contribution in [3.63, 3.8) is 0 Å². The third kappa shape index (κ3) is 6.24. The maximum Gasteiger partial charge on any atom is 0.271 e. The number of para-hydroxylation sites is 2. The van der Waals surface area contributed by atoms with Gasteiger partial charge in [-0.25, -0.2) is 4.39 Å². The number of nitriles is 1. The van der Waals surface area contributed by atoms with Gasteiger partial charge in [0.15, 0.2) is 6.61 Å². The number of carbonyl (C=O) groups is 2. The molecule has 0 bridgehead atoms. The van der Waals surface area contributed by atoms with Crippen LogP contribution >= 0.6 is 0 Å². The lowest BCUT2D eigenvalue weighted by Crippen LogP contribution is -2.21. The summed E-state index contributed by atoms with van der Waals surface area (Å²) in [6.07, 6.45) is 1.26.